The summed E-state index contributed by atoms with van der Waals surface area (Å²) in [5, 5.41) is 0. The Morgan fingerprint density at radius 3 is 2.56 bits per heavy atom. The van der Waals surface area contributed by atoms with Crippen molar-refractivity contribution < 1.29 is 13.9 Å². The number of ether oxygens (including phenoxy) is 1. The number of rotatable bonds is 1. The highest BCUT2D eigenvalue weighted by molar-refractivity contribution is 5.77. The number of halogens is 1. The molecule has 0 unspecified atom stereocenters. The lowest BCUT2D eigenvalue weighted by atomic mass is 9.43. The molecule has 4 bridgehead atoms. The maximum absolute atomic E-state index is 14.7. The molecule has 2 nitrogen and oxygen atoms in total. The van der Waals surface area contributed by atoms with Gasteiger partial charge in [-0.05, 0) is 49.9 Å². The molecule has 4 aliphatic rings. The fourth-order valence-electron chi connectivity index (χ4n) is 5.24. The second kappa shape index (κ2) is 2.80. The molecule has 4 atom stereocenters. The molecule has 16 heavy (non-hydrogen) atoms. The monoisotopic (exact) mass is 226 g/mol. The Labute approximate surface area is 95.5 Å². The van der Waals surface area contributed by atoms with Gasteiger partial charge < -0.3 is 4.74 Å². The number of alkyl halides is 1. The number of esters is 1. The first kappa shape index (κ1) is 10.5. The van der Waals surface area contributed by atoms with Crippen LogP contribution in [0.5, 0.6) is 0 Å². The Bertz CT molecular complexity index is 334. The van der Waals surface area contributed by atoms with Crippen LogP contribution in [0.2, 0.25) is 0 Å². The summed E-state index contributed by atoms with van der Waals surface area (Å²) >= 11 is 0. The molecule has 90 valence electrons. The second-order valence-electron chi connectivity index (χ2n) is 6.74. The summed E-state index contributed by atoms with van der Waals surface area (Å²) in [7, 11) is 1.42. The molecule has 0 N–H and O–H groups in total. The highest BCUT2D eigenvalue weighted by Crippen LogP contribution is 2.67. The van der Waals surface area contributed by atoms with Gasteiger partial charge in [-0.15, -0.1) is 0 Å². The van der Waals surface area contributed by atoms with Gasteiger partial charge in [0.15, 0.2) is 0 Å². The average Bonchev–Trinajstić information content (AvgIpc) is 2.10. The minimum Gasteiger partial charge on any atom is -0.469 e. The summed E-state index contributed by atoms with van der Waals surface area (Å²) in [5.74, 6) is 0.218. The lowest BCUT2D eigenvalue weighted by Crippen LogP contribution is -2.60. The van der Waals surface area contributed by atoms with E-state index in [0.29, 0.717) is 25.2 Å². The Kier molecular flexibility index (Phi) is 1.84. The minimum absolute atomic E-state index is 0.0301. The highest BCUT2D eigenvalue weighted by atomic mass is 19.1. The van der Waals surface area contributed by atoms with E-state index in [0.717, 1.165) is 19.3 Å². The molecule has 0 radical (unpaired) electrons. The fraction of sp³-hybridized carbons (Fsp3) is 0.923. The Balaban J connectivity index is 2.01. The van der Waals surface area contributed by atoms with Crippen LogP contribution in [-0.4, -0.2) is 18.7 Å². The molecule has 3 heteroatoms. The van der Waals surface area contributed by atoms with E-state index in [1.165, 1.54) is 7.11 Å². The van der Waals surface area contributed by atoms with Gasteiger partial charge in [-0.2, -0.15) is 0 Å². The van der Waals surface area contributed by atoms with Gasteiger partial charge in [0.05, 0.1) is 12.5 Å². The van der Waals surface area contributed by atoms with Gasteiger partial charge in [0, 0.05) is 0 Å². The summed E-state index contributed by atoms with van der Waals surface area (Å²) < 4.78 is 19.6. The topological polar surface area (TPSA) is 26.3 Å². The van der Waals surface area contributed by atoms with Crippen molar-refractivity contribution in [2.75, 3.05) is 7.11 Å². The lowest BCUT2D eigenvalue weighted by Gasteiger charge is -2.61. The summed E-state index contributed by atoms with van der Waals surface area (Å²) in [5.41, 5.74) is -1.57. The second-order valence-corrected chi connectivity index (χ2v) is 6.74. The summed E-state index contributed by atoms with van der Waals surface area (Å²) in [6.45, 7) is 2.14. The van der Waals surface area contributed by atoms with Crippen molar-refractivity contribution >= 4 is 5.97 Å². The van der Waals surface area contributed by atoms with Crippen LogP contribution >= 0.6 is 0 Å². The third kappa shape index (κ3) is 1.26. The number of hydrogen-bond donors (Lipinski definition) is 0. The van der Waals surface area contributed by atoms with Crippen LogP contribution in [0.3, 0.4) is 0 Å². The van der Waals surface area contributed by atoms with E-state index >= 15 is 0 Å². The number of carbonyl (C=O) groups is 1. The molecule has 0 amide bonds. The van der Waals surface area contributed by atoms with Gasteiger partial charge in [-0.3, -0.25) is 4.79 Å². The maximum Gasteiger partial charge on any atom is 0.311 e. The Hall–Kier alpha value is -0.600. The van der Waals surface area contributed by atoms with Crippen LogP contribution in [0.25, 0.3) is 0 Å². The zero-order chi connectivity index (χ0) is 11.6. The molecule has 0 aromatic carbocycles. The van der Waals surface area contributed by atoms with Gasteiger partial charge in [-0.25, -0.2) is 4.39 Å². The van der Waals surface area contributed by atoms with Crippen LogP contribution in [0.15, 0.2) is 0 Å². The van der Waals surface area contributed by atoms with Gasteiger partial charge in [0.2, 0.25) is 0 Å². The molecule has 4 aliphatic carbocycles. The van der Waals surface area contributed by atoms with Gasteiger partial charge in [0.25, 0.3) is 0 Å². The predicted molar refractivity (Wildman–Crippen MR) is 57.6 cm³/mol. The number of carbonyl (C=O) groups excluding carboxylic acids is 1. The molecule has 4 saturated carbocycles. The number of hydrogen-bond acceptors (Lipinski definition) is 2. The Morgan fingerprint density at radius 2 is 2.00 bits per heavy atom. The molecule has 4 fully saturated rings. The average molecular weight is 226 g/mol. The van der Waals surface area contributed by atoms with Crippen molar-refractivity contribution in [2.45, 2.75) is 51.1 Å². The smallest absolute Gasteiger partial charge is 0.311 e. The van der Waals surface area contributed by atoms with Gasteiger partial charge in [-0.1, -0.05) is 6.92 Å². The van der Waals surface area contributed by atoms with Crippen LogP contribution in [-0.2, 0) is 9.53 Å². The third-order valence-electron chi connectivity index (χ3n) is 4.90. The van der Waals surface area contributed by atoms with Crippen molar-refractivity contribution in [1.29, 1.82) is 0 Å². The van der Waals surface area contributed by atoms with Gasteiger partial charge >= 0.3 is 5.97 Å². The minimum atomic E-state index is -1.09. The maximum atomic E-state index is 14.7. The SMILES string of the molecule is COC(=O)[C@@]12C[C@@H]3C[C@@](C)(C[C@@](F)(C3)C1)C2. The first-order chi connectivity index (χ1) is 7.39. The van der Waals surface area contributed by atoms with Crippen molar-refractivity contribution in [1.82, 2.24) is 0 Å². The molecule has 0 aromatic heterocycles. The quantitative estimate of drug-likeness (QED) is 0.643. The molecule has 0 aromatic rings. The summed E-state index contributed by atoms with van der Waals surface area (Å²) in [6.07, 6.45) is 4.49. The summed E-state index contributed by atoms with van der Waals surface area (Å²) in [6, 6.07) is 0. The molecular formula is C13H19FO2. The molecule has 4 rings (SSSR count). The first-order valence-corrected chi connectivity index (χ1v) is 6.16. The highest BCUT2D eigenvalue weighted by Gasteiger charge is 2.65. The van der Waals surface area contributed by atoms with Crippen molar-refractivity contribution in [3.8, 4) is 0 Å². The zero-order valence-corrected chi connectivity index (χ0v) is 10.0. The van der Waals surface area contributed by atoms with E-state index in [4.69, 9.17) is 4.74 Å². The standard InChI is InChI=1S/C13H19FO2/c1-11-3-9-4-12(6-11,10(15)16-2)8-13(14,5-9)7-11/h9H,3-8H2,1-2H3/t9-,11+,12+,13-/m0/s1. The van der Waals surface area contributed by atoms with E-state index in [2.05, 4.69) is 6.92 Å². The van der Waals surface area contributed by atoms with Crippen LogP contribution in [0, 0.1) is 16.7 Å². The van der Waals surface area contributed by atoms with E-state index in [1.807, 2.05) is 0 Å². The fourth-order valence-corrected chi connectivity index (χ4v) is 5.24. The van der Waals surface area contributed by atoms with Crippen molar-refractivity contribution in [3.05, 3.63) is 0 Å². The normalized spacial score (nSPS) is 54.1. The van der Waals surface area contributed by atoms with Crippen molar-refractivity contribution in [3.63, 3.8) is 0 Å². The van der Waals surface area contributed by atoms with Crippen molar-refractivity contribution in [2.24, 2.45) is 16.7 Å². The first-order valence-electron chi connectivity index (χ1n) is 6.16. The largest absolute Gasteiger partial charge is 0.469 e. The number of methoxy groups -OCH3 is 1. The molecule has 0 spiro atoms. The van der Waals surface area contributed by atoms with E-state index < -0.39 is 11.1 Å². The zero-order valence-electron chi connectivity index (χ0n) is 10.0. The van der Waals surface area contributed by atoms with E-state index in [-0.39, 0.29) is 11.4 Å². The van der Waals surface area contributed by atoms with Crippen LogP contribution in [0.4, 0.5) is 4.39 Å². The van der Waals surface area contributed by atoms with Crippen LogP contribution in [0.1, 0.15) is 45.4 Å². The van der Waals surface area contributed by atoms with E-state index in [9.17, 15) is 9.18 Å². The lowest BCUT2D eigenvalue weighted by molar-refractivity contribution is -0.194. The predicted octanol–water partition coefficient (Wildman–Crippen LogP) is 2.86. The molecule has 0 heterocycles. The molecule has 0 aliphatic heterocycles. The van der Waals surface area contributed by atoms with E-state index in [1.54, 1.807) is 0 Å². The third-order valence-corrected chi connectivity index (χ3v) is 4.90. The summed E-state index contributed by atoms with van der Waals surface area (Å²) in [4.78, 5) is 12.0. The van der Waals surface area contributed by atoms with Gasteiger partial charge in [0.1, 0.15) is 5.67 Å². The van der Waals surface area contributed by atoms with Crippen LogP contribution < -0.4 is 0 Å². The Morgan fingerprint density at radius 1 is 1.25 bits per heavy atom. The molecule has 0 saturated heterocycles. The molecular weight excluding hydrogens is 207 g/mol.